The van der Waals surface area contributed by atoms with Crippen LogP contribution in [-0.4, -0.2) is 12.4 Å². The maximum Gasteiger partial charge on any atom is 0.0659 e. The van der Waals surface area contributed by atoms with E-state index in [0.29, 0.717) is 0 Å². The monoisotopic (exact) mass is 428 g/mol. The normalized spacial score (nSPS) is 11.7. The molecule has 0 fully saturated rings. The molecule has 0 atom stereocenters. The number of aryl methyl sites for hydroxylation is 4. The number of benzene rings is 2. The Bertz CT molecular complexity index is 1140. The first-order valence-corrected chi connectivity index (χ1v) is 11.7. The second kappa shape index (κ2) is 8.90. The van der Waals surface area contributed by atoms with E-state index in [2.05, 4.69) is 87.0 Å². The molecule has 0 radical (unpaired) electrons. The molecule has 0 N–H and O–H groups in total. The van der Waals surface area contributed by atoms with Gasteiger partial charge in [-0.1, -0.05) is 12.1 Å². The SMILES string of the molecule is Cc1cc(-c2ccc(N=Cc3sccc3C)c(C)c2)ccc1N=Cc1sccc1C. The summed E-state index contributed by atoms with van der Waals surface area (Å²) in [6, 6.07) is 17.2. The van der Waals surface area contributed by atoms with Crippen LogP contribution in [0.5, 0.6) is 0 Å². The number of thiophene rings is 2. The van der Waals surface area contributed by atoms with Crippen molar-refractivity contribution in [2.75, 3.05) is 0 Å². The summed E-state index contributed by atoms with van der Waals surface area (Å²) in [5.41, 5.74) is 9.30. The van der Waals surface area contributed by atoms with Crippen molar-refractivity contribution in [3.63, 3.8) is 0 Å². The highest BCUT2D eigenvalue weighted by molar-refractivity contribution is 7.12. The van der Waals surface area contributed by atoms with Crippen molar-refractivity contribution in [2.24, 2.45) is 9.98 Å². The van der Waals surface area contributed by atoms with E-state index in [-0.39, 0.29) is 0 Å². The molecule has 0 saturated heterocycles. The molecule has 0 aliphatic carbocycles. The minimum Gasteiger partial charge on any atom is -0.255 e. The van der Waals surface area contributed by atoms with Gasteiger partial charge in [0.2, 0.25) is 0 Å². The standard InChI is InChI=1S/C26H24N2S2/c1-17-9-11-29-25(17)15-27-23-7-5-21(13-19(23)3)22-6-8-24(20(4)14-22)28-16-26-18(2)10-12-30-26/h5-16H,1-4H3. The molecule has 150 valence electrons. The molecular weight excluding hydrogens is 404 g/mol. The Balaban J connectivity index is 1.55. The van der Waals surface area contributed by atoms with Gasteiger partial charge in [-0.15, -0.1) is 22.7 Å². The molecule has 0 saturated carbocycles. The molecule has 30 heavy (non-hydrogen) atoms. The quantitative estimate of drug-likeness (QED) is 0.286. The summed E-state index contributed by atoms with van der Waals surface area (Å²) in [5, 5.41) is 4.20. The number of rotatable bonds is 5. The summed E-state index contributed by atoms with van der Waals surface area (Å²) >= 11 is 3.44. The van der Waals surface area contributed by atoms with Crippen LogP contribution in [0.1, 0.15) is 32.0 Å². The van der Waals surface area contributed by atoms with Crippen LogP contribution in [0.4, 0.5) is 11.4 Å². The lowest BCUT2D eigenvalue weighted by molar-refractivity contribution is 1.38. The van der Waals surface area contributed by atoms with Crippen molar-refractivity contribution >= 4 is 46.5 Å². The van der Waals surface area contributed by atoms with Gasteiger partial charge in [-0.25, -0.2) is 0 Å². The summed E-state index contributed by atoms with van der Waals surface area (Å²) in [7, 11) is 0. The summed E-state index contributed by atoms with van der Waals surface area (Å²) in [5.74, 6) is 0. The highest BCUT2D eigenvalue weighted by Gasteiger charge is 2.05. The van der Waals surface area contributed by atoms with Gasteiger partial charge in [-0.3, -0.25) is 9.98 Å². The fraction of sp³-hybridized carbons (Fsp3) is 0.154. The molecule has 2 heterocycles. The topological polar surface area (TPSA) is 24.7 Å². The molecule has 2 nitrogen and oxygen atoms in total. The van der Waals surface area contributed by atoms with E-state index in [0.717, 1.165) is 11.4 Å². The number of hydrogen-bond acceptors (Lipinski definition) is 4. The predicted molar refractivity (Wildman–Crippen MR) is 134 cm³/mol. The van der Waals surface area contributed by atoms with E-state index in [4.69, 9.17) is 9.98 Å². The van der Waals surface area contributed by atoms with Gasteiger partial charge < -0.3 is 0 Å². The van der Waals surface area contributed by atoms with Gasteiger partial charge in [-0.2, -0.15) is 0 Å². The summed E-state index contributed by atoms with van der Waals surface area (Å²) < 4.78 is 0. The molecule has 4 aromatic rings. The number of hydrogen-bond donors (Lipinski definition) is 0. The second-order valence-corrected chi connectivity index (χ2v) is 9.35. The van der Waals surface area contributed by atoms with Gasteiger partial charge >= 0.3 is 0 Å². The molecule has 0 amide bonds. The zero-order chi connectivity index (χ0) is 21.1. The van der Waals surface area contributed by atoms with E-state index < -0.39 is 0 Å². The van der Waals surface area contributed by atoms with Crippen molar-refractivity contribution in [1.29, 1.82) is 0 Å². The van der Waals surface area contributed by atoms with Crippen LogP contribution in [0.2, 0.25) is 0 Å². The third kappa shape index (κ3) is 4.50. The minimum absolute atomic E-state index is 1.01. The van der Waals surface area contributed by atoms with Gasteiger partial charge in [0.1, 0.15) is 0 Å². The van der Waals surface area contributed by atoms with Crippen molar-refractivity contribution < 1.29 is 0 Å². The maximum absolute atomic E-state index is 4.70. The lowest BCUT2D eigenvalue weighted by Crippen LogP contribution is -1.85. The molecule has 4 heteroatoms. The van der Waals surface area contributed by atoms with E-state index in [1.54, 1.807) is 22.7 Å². The first-order valence-electron chi connectivity index (χ1n) is 9.89. The van der Waals surface area contributed by atoms with Crippen molar-refractivity contribution in [2.45, 2.75) is 27.7 Å². The third-order valence-corrected chi connectivity index (χ3v) is 7.08. The first-order chi connectivity index (χ1) is 14.5. The molecule has 0 bridgehead atoms. The molecule has 4 rings (SSSR count). The number of nitrogens with zero attached hydrogens (tertiary/aromatic N) is 2. The Morgan fingerprint density at radius 3 is 1.33 bits per heavy atom. The Morgan fingerprint density at radius 1 is 0.567 bits per heavy atom. The van der Waals surface area contributed by atoms with Crippen molar-refractivity contribution in [3.8, 4) is 11.1 Å². The van der Waals surface area contributed by atoms with Crippen LogP contribution in [0.25, 0.3) is 11.1 Å². The summed E-state index contributed by atoms with van der Waals surface area (Å²) in [6.45, 7) is 8.47. The van der Waals surface area contributed by atoms with E-state index in [1.165, 1.54) is 43.1 Å². The van der Waals surface area contributed by atoms with Gasteiger partial charge in [0, 0.05) is 22.2 Å². The Morgan fingerprint density at radius 2 is 1.00 bits per heavy atom. The van der Waals surface area contributed by atoms with Crippen LogP contribution >= 0.6 is 22.7 Å². The third-order valence-electron chi connectivity index (χ3n) is 5.17. The largest absolute Gasteiger partial charge is 0.255 e. The van der Waals surface area contributed by atoms with Gasteiger partial charge in [-0.05, 0) is 108 Å². The van der Waals surface area contributed by atoms with Gasteiger partial charge in [0.15, 0.2) is 0 Å². The van der Waals surface area contributed by atoms with Crippen LogP contribution in [0, 0.1) is 27.7 Å². The molecule has 2 aromatic carbocycles. The smallest absolute Gasteiger partial charge is 0.0659 e. The lowest BCUT2D eigenvalue weighted by atomic mass is 10.00. The van der Waals surface area contributed by atoms with Crippen molar-refractivity contribution in [1.82, 2.24) is 0 Å². The van der Waals surface area contributed by atoms with Gasteiger partial charge in [0.25, 0.3) is 0 Å². The van der Waals surface area contributed by atoms with Crippen LogP contribution in [0.3, 0.4) is 0 Å². The van der Waals surface area contributed by atoms with E-state index in [9.17, 15) is 0 Å². The molecule has 0 unspecified atom stereocenters. The van der Waals surface area contributed by atoms with Crippen molar-refractivity contribution in [3.05, 3.63) is 91.3 Å². The highest BCUT2D eigenvalue weighted by Crippen LogP contribution is 2.30. The number of aliphatic imine (C=N–C) groups is 2. The second-order valence-electron chi connectivity index (χ2n) is 7.45. The first kappa shape index (κ1) is 20.5. The maximum atomic E-state index is 4.70. The zero-order valence-electron chi connectivity index (χ0n) is 17.6. The molecule has 0 aliphatic rings. The molecule has 0 aliphatic heterocycles. The van der Waals surface area contributed by atoms with Crippen LogP contribution < -0.4 is 0 Å². The van der Waals surface area contributed by atoms with E-state index >= 15 is 0 Å². The molecular formula is C26H24N2S2. The fourth-order valence-electron chi connectivity index (χ4n) is 3.25. The Labute approximate surface area is 186 Å². The van der Waals surface area contributed by atoms with Crippen LogP contribution in [0.15, 0.2) is 69.3 Å². The Kier molecular flexibility index (Phi) is 6.07. The average molecular weight is 429 g/mol. The van der Waals surface area contributed by atoms with E-state index in [1.807, 2.05) is 12.4 Å². The zero-order valence-corrected chi connectivity index (χ0v) is 19.3. The van der Waals surface area contributed by atoms with Gasteiger partial charge in [0.05, 0.1) is 11.4 Å². The average Bonchev–Trinajstić information content (AvgIpc) is 3.33. The fourth-order valence-corrected chi connectivity index (χ4v) is 4.82. The highest BCUT2D eigenvalue weighted by atomic mass is 32.1. The summed E-state index contributed by atoms with van der Waals surface area (Å²) in [4.78, 5) is 11.8. The predicted octanol–water partition coefficient (Wildman–Crippen LogP) is 8.21. The summed E-state index contributed by atoms with van der Waals surface area (Å²) in [6.07, 6.45) is 3.93. The Hall–Kier alpha value is -2.82. The minimum atomic E-state index is 1.01. The molecule has 2 aromatic heterocycles. The lowest BCUT2D eigenvalue weighted by Gasteiger charge is -2.08. The van der Waals surface area contributed by atoms with Crippen LogP contribution in [-0.2, 0) is 0 Å². The molecule has 0 spiro atoms.